The van der Waals surface area contributed by atoms with Gasteiger partial charge in [-0.15, -0.1) is 0 Å². The fourth-order valence-corrected chi connectivity index (χ4v) is 9.23. The van der Waals surface area contributed by atoms with Crippen molar-refractivity contribution in [2.75, 3.05) is 13.2 Å². The Morgan fingerprint density at radius 3 is 0.735 bits per heavy atom. The van der Waals surface area contributed by atoms with E-state index in [4.69, 9.17) is 14.2 Å². The van der Waals surface area contributed by atoms with Crippen LogP contribution in [0.25, 0.3) is 0 Å². The zero-order chi connectivity index (χ0) is 59.9. The van der Waals surface area contributed by atoms with Crippen LogP contribution in [0, 0.1) is 0 Å². The van der Waals surface area contributed by atoms with Gasteiger partial charge in [-0.2, -0.15) is 0 Å². The molecule has 83 heavy (non-hydrogen) atoms. The Labute approximate surface area is 512 Å². The number of ether oxygens (including phenoxy) is 3. The molecule has 0 aromatic rings. The summed E-state index contributed by atoms with van der Waals surface area (Å²) in [4.78, 5) is 38.4. The average molecular weight is 1150 g/mol. The van der Waals surface area contributed by atoms with Crippen molar-refractivity contribution in [3.05, 3.63) is 146 Å². The Bertz CT molecular complexity index is 1800. The first-order valence-corrected chi connectivity index (χ1v) is 34.3. The molecule has 470 valence electrons. The van der Waals surface area contributed by atoms with Gasteiger partial charge in [-0.1, -0.05) is 289 Å². The zero-order valence-corrected chi connectivity index (χ0v) is 53.9. The van der Waals surface area contributed by atoms with Crippen molar-refractivity contribution < 1.29 is 28.6 Å². The number of carbonyl (C=O) groups excluding carboxylic acids is 3. The molecule has 0 spiro atoms. The lowest BCUT2D eigenvalue weighted by Crippen LogP contribution is -2.30. The third kappa shape index (κ3) is 68.0. The predicted octanol–water partition coefficient (Wildman–Crippen LogP) is 23.9. The Morgan fingerprint density at radius 1 is 0.253 bits per heavy atom. The van der Waals surface area contributed by atoms with E-state index in [2.05, 4.69) is 167 Å². The maximum atomic E-state index is 12.9. The second-order valence-corrected chi connectivity index (χ2v) is 22.3. The number of hydrogen-bond acceptors (Lipinski definition) is 6. The molecule has 0 bridgehead atoms. The minimum Gasteiger partial charge on any atom is -0.462 e. The maximum absolute atomic E-state index is 12.9. The normalized spacial score (nSPS) is 13.0. The first-order valence-electron chi connectivity index (χ1n) is 34.3. The van der Waals surface area contributed by atoms with Crippen molar-refractivity contribution in [2.45, 2.75) is 309 Å². The molecule has 0 saturated carbocycles. The molecule has 0 amide bonds. The molecule has 0 rings (SSSR count). The van der Waals surface area contributed by atoms with Gasteiger partial charge in [0.2, 0.25) is 0 Å². The van der Waals surface area contributed by atoms with E-state index in [1.807, 2.05) is 0 Å². The van der Waals surface area contributed by atoms with Crippen LogP contribution in [0.15, 0.2) is 146 Å². The molecule has 0 aromatic carbocycles. The van der Waals surface area contributed by atoms with E-state index in [0.717, 1.165) is 161 Å². The predicted molar refractivity (Wildman–Crippen MR) is 362 cm³/mol. The van der Waals surface area contributed by atoms with E-state index in [1.165, 1.54) is 103 Å². The Balaban J connectivity index is 4.39. The molecule has 0 heterocycles. The van der Waals surface area contributed by atoms with Crippen LogP contribution in [0.2, 0.25) is 0 Å². The molecule has 0 saturated heterocycles. The summed E-state index contributed by atoms with van der Waals surface area (Å²) in [7, 11) is 0. The van der Waals surface area contributed by atoms with Crippen molar-refractivity contribution >= 4 is 17.9 Å². The highest BCUT2D eigenvalue weighted by molar-refractivity contribution is 5.71. The van der Waals surface area contributed by atoms with Crippen LogP contribution in [0.3, 0.4) is 0 Å². The standard InChI is InChI=1S/C77H126O6/c1-4-7-10-13-16-19-22-25-28-30-32-34-35-36-37-38-39-40-41-43-44-46-49-52-55-58-61-64-67-70-76(79)82-73-74(72-81-75(78)69-66-63-60-57-54-51-48-27-24-21-18-15-12-9-6-3)83-77(80)71-68-65-62-59-56-53-50-47-45-42-33-31-29-26-23-20-17-14-11-8-5-2/h7,9-10,12,16,18-19,21,23,25-28,31-34,36-37,39-40,45,47-48,74H,4-6,8,11,13-15,17,20,22,24,29-30,35,38,41-44,46,49-73H2,1-3H3/b10-7-,12-9-,19-16-,21-18-,26-23-,28-25-,33-31-,34-32-,37-36-,40-39-,47-45-,48-27-. The van der Waals surface area contributed by atoms with E-state index in [0.29, 0.717) is 19.3 Å². The smallest absolute Gasteiger partial charge is 0.306 e. The molecule has 0 aromatic heterocycles. The molecule has 0 N–H and O–H groups in total. The Kier molecular flexibility index (Phi) is 65.8. The summed E-state index contributed by atoms with van der Waals surface area (Å²) in [6.07, 6.45) is 100.0. The SMILES string of the molecule is CC/C=C\C/C=C\C/C=C\C/C=C\C/C=C\C/C=C\CCCCCCCCCCCCC(=O)OCC(COC(=O)CCCCCCC/C=C\C/C=C\C/C=C\CC)OC(=O)CCCCCCCC/C=C\C/C=C\C/C=C\CCCCCCC. The van der Waals surface area contributed by atoms with Crippen LogP contribution in [0.1, 0.15) is 303 Å². The molecular weight excluding hydrogens is 1020 g/mol. The van der Waals surface area contributed by atoms with Gasteiger partial charge in [0.1, 0.15) is 13.2 Å². The lowest BCUT2D eigenvalue weighted by molar-refractivity contribution is -0.167. The van der Waals surface area contributed by atoms with Gasteiger partial charge in [-0.3, -0.25) is 14.4 Å². The zero-order valence-electron chi connectivity index (χ0n) is 53.9. The largest absolute Gasteiger partial charge is 0.462 e. The summed E-state index contributed by atoms with van der Waals surface area (Å²) >= 11 is 0. The molecule has 0 aliphatic rings. The topological polar surface area (TPSA) is 78.9 Å². The van der Waals surface area contributed by atoms with Crippen molar-refractivity contribution in [2.24, 2.45) is 0 Å². The van der Waals surface area contributed by atoms with Gasteiger partial charge in [0.15, 0.2) is 6.10 Å². The lowest BCUT2D eigenvalue weighted by atomic mass is 10.1. The van der Waals surface area contributed by atoms with Gasteiger partial charge in [0.05, 0.1) is 0 Å². The third-order valence-corrected chi connectivity index (χ3v) is 14.3. The monoisotopic (exact) mass is 1150 g/mol. The summed E-state index contributed by atoms with van der Waals surface area (Å²) in [6.45, 7) is 6.39. The molecule has 6 nitrogen and oxygen atoms in total. The van der Waals surface area contributed by atoms with Crippen molar-refractivity contribution in [1.82, 2.24) is 0 Å². The van der Waals surface area contributed by atoms with Gasteiger partial charge in [-0.05, 0) is 141 Å². The maximum Gasteiger partial charge on any atom is 0.306 e. The molecule has 0 aliphatic carbocycles. The minimum absolute atomic E-state index is 0.0956. The number of hydrogen-bond donors (Lipinski definition) is 0. The second-order valence-electron chi connectivity index (χ2n) is 22.3. The first-order chi connectivity index (χ1) is 41.0. The molecule has 0 fully saturated rings. The Morgan fingerprint density at radius 2 is 0.470 bits per heavy atom. The van der Waals surface area contributed by atoms with E-state index in [9.17, 15) is 14.4 Å². The fraction of sp³-hybridized carbons (Fsp3) is 0.649. The fourth-order valence-electron chi connectivity index (χ4n) is 9.23. The van der Waals surface area contributed by atoms with Crippen LogP contribution >= 0.6 is 0 Å². The third-order valence-electron chi connectivity index (χ3n) is 14.3. The summed E-state index contributed by atoms with van der Waals surface area (Å²) in [5.74, 6) is -0.926. The molecule has 0 radical (unpaired) electrons. The summed E-state index contributed by atoms with van der Waals surface area (Å²) < 4.78 is 16.9. The summed E-state index contributed by atoms with van der Waals surface area (Å²) in [5.41, 5.74) is 0. The number of esters is 3. The van der Waals surface area contributed by atoms with E-state index < -0.39 is 6.10 Å². The highest BCUT2D eigenvalue weighted by Gasteiger charge is 2.19. The van der Waals surface area contributed by atoms with Crippen molar-refractivity contribution in [3.8, 4) is 0 Å². The van der Waals surface area contributed by atoms with E-state index >= 15 is 0 Å². The molecule has 6 heteroatoms. The van der Waals surface area contributed by atoms with Gasteiger partial charge < -0.3 is 14.2 Å². The van der Waals surface area contributed by atoms with Crippen LogP contribution in [-0.4, -0.2) is 37.2 Å². The number of unbranched alkanes of at least 4 members (excludes halogenated alkanes) is 26. The van der Waals surface area contributed by atoms with Crippen LogP contribution in [0.4, 0.5) is 0 Å². The summed E-state index contributed by atoms with van der Waals surface area (Å²) in [6, 6.07) is 0. The molecule has 1 unspecified atom stereocenters. The van der Waals surface area contributed by atoms with Gasteiger partial charge in [-0.25, -0.2) is 0 Å². The Hall–Kier alpha value is -4.71. The average Bonchev–Trinajstić information content (AvgIpc) is 3.49. The van der Waals surface area contributed by atoms with Gasteiger partial charge in [0, 0.05) is 19.3 Å². The van der Waals surface area contributed by atoms with Crippen LogP contribution < -0.4 is 0 Å². The molecule has 1 atom stereocenters. The van der Waals surface area contributed by atoms with Crippen LogP contribution in [0.5, 0.6) is 0 Å². The van der Waals surface area contributed by atoms with Gasteiger partial charge >= 0.3 is 17.9 Å². The quantitative estimate of drug-likeness (QED) is 0.0261. The minimum atomic E-state index is -0.802. The number of allylic oxidation sites excluding steroid dienone is 24. The highest BCUT2D eigenvalue weighted by Crippen LogP contribution is 2.15. The van der Waals surface area contributed by atoms with Crippen LogP contribution in [-0.2, 0) is 28.6 Å². The lowest BCUT2D eigenvalue weighted by Gasteiger charge is -2.18. The summed E-state index contributed by atoms with van der Waals surface area (Å²) in [5, 5.41) is 0. The van der Waals surface area contributed by atoms with E-state index in [1.54, 1.807) is 0 Å². The second kappa shape index (κ2) is 69.8. The molecule has 0 aliphatic heterocycles. The highest BCUT2D eigenvalue weighted by atomic mass is 16.6. The number of carbonyl (C=O) groups is 3. The number of rotatable bonds is 61. The van der Waals surface area contributed by atoms with Crippen molar-refractivity contribution in [1.29, 1.82) is 0 Å². The first kappa shape index (κ1) is 78.3. The van der Waals surface area contributed by atoms with Crippen molar-refractivity contribution in [3.63, 3.8) is 0 Å². The van der Waals surface area contributed by atoms with E-state index in [-0.39, 0.29) is 31.1 Å². The molecular formula is C77H126O6. The van der Waals surface area contributed by atoms with Gasteiger partial charge in [0.25, 0.3) is 0 Å².